The van der Waals surface area contributed by atoms with E-state index in [2.05, 4.69) is 25.1 Å². The van der Waals surface area contributed by atoms with Crippen LogP contribution in [0.4, 0.5) is 0 Å². The van der Waals surface area contributed by atoms with E-state index in [9.17, 15) is 0 Å². The van der Waals surface area contributed by atoms with Crippen molar-refractivity contribution in [3.8, 4) is 0 Å². The summed E-state index contributed by atoms with van der Waals surface area (Å²) in [5, 5.41) is 8.73. The quantitative estimate of drug-likeness (QED) is 0.717. The number of rotatable bonds is 4. The molecule has 0 aliphatic carbocycles. The molecule has 0 saturated heterocycles. The van der Waals surface area contributed by atoms with Gasteiger partial charge in [0.25, 0.3) is 0 Å². The van der Waals surface area contributed by atoms with Crippen LogP contribution in [0.25, 0.3) is 0 Å². The fourth-order valence-electron chi connectivity index (χ4n) is 0.961. The van der Waals surface area contributed by atoms with E-state index >= 15 is 0 Å². The summed E-state index contributed by atoms with van der Waals surface area (Å²) >= 11 is 1.68. The normalized spacial score (nSPS) is 12.8. The number of nitrogens with two attached hydrogens (primary N) is 1. The molecule has 0 radical (unpaired) electrons. The van der Waals surface area contributed by atoms with Crippen molar-refractivity contribution in [1.29, 1.82) is 0 Å². The van der Waals surface area contributed by atoms with Crippen LogP contribution in [-0.2, 0) is 0 Å². The molecule has 1 aromatic rings. The first-order valence-corrected chi connectivity index (χ1v) is 5.27. The Hall–Kier alpha value is -0.510. The molecule has 1 aromatic carbocycles. The van der Waals surface area contributed by atoms with E-state index in [1.807, 2.05) is 6.07 Å². The lowest BCUT2D eigenvalue weighted by atomic mass is 10.2. The maximum Gasteiger partial charge on any atom is 0.0590 e. The van der Waals surface area contributed by atoms with Crippen LogP contribution >= 0.6 is 11.8 Å². The molecule has 1 rings (SSSR count). The van der Waals surface area contributed by atoms with Crippen molar-refractivity contribution in [3.05, 3.63) is 29.8 Å². The molecule has 0 aromatic heterocycles. The highest BCUT2D eigenvalue weighted by molar-refractivity contribution is 7.99. The first-order chi connectivity index (χ1) is 6.22. The van der Waals surface area contributed by atoms with Crippen molar-refractivity contribution in [2.75, 3.05) is 12.4 Å². The summed E-state index contributed by atoms with van der Waals surface area (Å²) in [6, 6.07) is 8.15. The van der Waals surface area contributed by atoms with Gasteiger partial charge in [0, 0.05) is 16.7 Å². The van der Waals surface area contributed by atoms with Gasteiger partial charge in [-0.1, -0.05) is 17.7 Å². The molecule has 3 N–H and O–H groups in total. The number of aliphatic hydroxyl groups excluding tert-OH is 1. The smallest absolute Gasteiger partial charge is 0.0590 e. The van der Waals surface area contributed by atoms with Crippen molar-refractivity contribution in [2.45, 2.75) is 17.9 Å². The van der Waals surface area contributed by atoms with Crippen LogP contribution < -0.4 is 5.73 Å². The number of hydrogen-bond acceptors (Lipinski definition) is 3. The summed E-state index contributed by atoms with van der Waals surface area (Å²) in [5.41, 5.74) is 6.84. The molecule has 72 valence electrons. The fourth-order valence-corrected chi connectivity index (χ4v) is 1.92. The topological polar surface area (TPSA) is 46.2 Å². The Labute approximate surface area is 83.1 Å². The second kappa shape index (κ2) is 5.27. The Bertz CT molecular complexity index is 265. The zero-order valence-corrected chi connectivity index (χ0v) is 8.55. The second-order valence-electron chi connectivity index (χ2n) is 3.07. The molecule has 0 aliphatic heterocycles. The number of aryl methyl sites for hydroxylation is 1. The van der Waals surface area contributed by atoms with Gasteiger partial charge in [0.05, 0.1) is 6.61 Å². The third-order valence-electron chi connectivity index (χ3n) is 1.69. The molecule has 0 amide bonds. The van der Waals surface area contributed by atoms with Crippen LogP contribution in [0.15, 0.2) is 29.2 Å². The van der Waals surface area contributed by atoms with Gasteiger partial charge in [-0.05, 0) is 19.1 Å². The van der Waals surface area contributed by atoms with Crippen LogP contribution in [0.5, 0.6) is 0 Å². The van der Waals surface area contributed by atoms with Gasteiger partial charge in [-0.25, -0.2) is 0 Å². The molecule has 0 heterocycles. The third kappa shape index (κ3) is 3.81. The van der Waals surface area contributed by atoms with Gasteiger partial charge in [0.15, 0.2) is 0 Å². The number of thioether (sulfide) groups is 1. The van der Waals surface area contributed by atoms with Gasteiger partial charge in [0.2, 0.25) is 0 Å². The van der Waals surface area contributed by atoms with Gasteiger partial charge < -0.3 is 10.8 Å². The molecule has 0 bridgehead atoms. The Kier molecular flexibility index (Phi) is 4.28. The SMILES string of the molecule is Cc1cccc(SCC(N)CO)c1. The number of aliphatic hydroxyl groups is 1. The van der Waals surface area contributed by atoms with Crippen molar-refractivity contribution in [1.82, 2.24) is 0 Å². The average molecular weight is 197 g/mol. The molecular weight excluding hydrogens is 182 g/mol. The maximum atomic E-state index is 8.73. The second-order valence-corrected chi connectivity index (χ2v) is 4.16. The first kappa shape index (κ1) is 10.6. The van der Waals surface area contributed by atoms with Crippen LogP contribution in [0, 0.1) is 6.92 Å². The summed E-state index contributed by atoms with van der Waals surface area (Å²) in [5.74, 6) is 0.764. The third-order valence-corrected chi connectivity index (χ3v) is 2.87. The largest absolute Gasteiger partial charge is 0.395 e. The first-order valence-electron chi connectivity index (χ1n) is 4.28. The Balaban J connectivity index is 2.45. The highest BCUT2D eigenvalue weighted by atomic mass is 32.2. The Morgan fingerprint density at radius 1 is 1.54 bits per heavy atom. The zero-order chi connectivity index (χ0) is 9.68. The fraction of sp³-hybridized carbons (Fsp3) is 0.400. The summed E-state index contributed by atoms with van der Waals surface area (Å²) in [6.45, 7) is 2.12. The van der Waals surface area contributed by atoms with E-state index in [0.29, 0.717) is 0 Å². The average Bonchev–Trinajstić information content (AvgIpc) is 2.14. The van der Waals surface area contributed by atoms with Crippen molar-refractivity contribution in [3.63, 3.8) is 0 Å². The highest BCUT2D eigenvalue weighted by Gasteiger charge is 2.01. The van der Waals surface area contributed by atoms with E-state index in [0.717, 1.165) is 5.75 Å². The van der Waals surface area contributed by atoms with E-state index in [-0.39, 0.29) is 12.6 Å². The lowest BCUT2D eigenvalue weighted by Gasteiger charge is -2.07. The van der Waals surface area contributed by atoms with Crippen molar-refractivity contribution in [2.24, 2.45) is 5.73 Å². The molecule has 1 atom stereocenters. The maximum absolute atomic E-state index is 8.73. The molecule has 3 heteroatoms. The summed E-state index contributed by atoms with van der Waals surface area (Å²) in [7, 11) is 0. The van der Waals surface area contributed by atoms with Crippen molar-refractivity contribution < 1.29 is 5.11 Å². The van der Waals surface area contributed by atoms with E-state index in [1.165, 1.54) is 10.5 Å². The van der Waals surface area contributed by atoms with Gasteiger partial charge in [-0.3, -0.25) is 0 Å². The summed E-state index contributed by atoms with van der Waals surface area (Å²) in [6.07, 6.45) is 0. The molecule has 0 fully saturated rings. The van der Waals surface area contributed by atoms with Gasteiger partial charge in [-0.15, -0.1) is 11.8 Å². The predicted molar refractivity (Wildman–Crippen MR) is 57.0 cm³/mol. The Morgan fingerprint density at radius 3 is 2.92 bits per heavy atom. The highest BCUT2D eigenvalue weighted by Crippen LogP contribution is 2.18. The predicted octanol–water partition coefficient (Wildman–Crippen LogP) is 1.41. The minimum absolute atomic E-state index is 0.0544. The zero-order valence-electron chi connectivity index (χ0n) is 7.73. The van der Waals surface area contributed by atoms with E-state index in [4.69, 9.17) is 10.8 Å². The monoisotopic (exact) mass is 197 g/mol. The molecule has 0 spiro atoms. The summed E-state index contributed by atoms with van der Waals surface area (Å²) in [4.78, 5) is 1.21. The molecule has 2 nitrogen and oxygen atoms in total. The molecule has 0 saturated carbocycles. The van der Waals surface area contributed by atoms with Crippen molar-refractivity contribution >= 4 is 11.8 Å². The Morgan fingerprint density at radius 2 is 2.31 bits per heavy atom. The lowest BCUT2D eigenvalue weighted by Crippen LogP contribution is -2.26. The lowest BCUT2D eigenvalue weighted by molar-refractivity contribution is 0.275. The summed E-state index contributed by atoms with van der Waals surface area (Å²) < 4.78 is 0. The van der Waals surface area contributed by atoms with Gasteiger partial charge in [-0.2, -0.15) is 0 Å². The molecule has 0 aliphatic rings. The van der Waals surface area contributed by atoms with Crippen LogP contribution in [0.3, 0.4) is 0 Å². The molecule has 13 heavy (non-hydrogen) atoms. The number of hydrogen-bond donors (Lipinski definition) is 2. The van der Waals surface area contributed by atoms with Crippen LogP contribution in [0.1, 0.15) is 5.56 Å². The molecule has 1 unspecified atom stereocenters. The standard InChI is InChI=1S/C10H15NOS/c1-8-3-2-4-10(5-8)13-7-9(11)6-12/h2-5,9,12H,6-7,11H2,1H3. The van der Waals surface area contributed by atoms with E-state index in [1.54, 1.807) is 11.8 Å². The number of benzene rings is 1. The van der Waals surface area contributed by atoms with E-state index < -0.39 is 0 Å². The minimum atomic E-state index is -0.120. The van der Waals surface area contributed by atoms with Crippen LogP contribution in [-0.4, -0.2) is 23.5 Å². The van der Waals surface area contributed by atoms with Gasteiger partial charge in [0.1, 0.15) is 0 Å². The molecular formula is C10H15NOS. The minimum Gasteiger partial charge on any atom is -0.395 e. The van der Waals surface area contributed by atoms with Gasteiger partial charge >= 0.3 is 0 Å². The van der Waals surface area contributed by atoms with Crippen LogP contribution in [0.2, 0.25) is 0 Å².